The van der Waals surface area contributed by atoms with Gasteiger partial charge >= 0.3 is 12.1 Å². The number of aryl methyl sites for hydroxylation is 1. The minimum absolute atomic E-state index is 0.195. The number of hydrogen-bond acceptors (Lipinski definition) is 1. The van der Waals surface area contributed by atoms with Gasteiger partial charge < -0.3 is 9.67 Å². The van der Waals surface area contributed by atoms with E-state index in [1.54, 1.807) is 0 Å². The summed E-state index contributed by atoms with van der Waals surface area (Å²) in [5.74, 6) is -1.58. The number of nitrogens with zero attached hydrogens (tertiary/aromatic N) is 1. The fourth-order valence-electron chi connectivity index (χ4n) is 2.09. The molecule has 1 aromatic heterocycles. The molecule has 0 unspecified atom stereocenters. The molecule has 0 aliphatic carbocycles. The van der Waals surface area contributed by atoms with Gasteiger partial charge in [0.25, 0.3) is 0 Å². The first kappa shape index (κ1) is 15.2. The zero-order valence-electron chi connectivity index (χ0n) is 11.3. The van der Waals surface area contributed by atoms with E-state index in [0.717, 1.165) is 29.9 Å². The van der Waals surface area contributed by atoms with E-state index in [9.17, 15) is 18.0 Å². The Morgan fingerprint density at radius 2 is 1.71 bits per heavy atom. The third-order valence-electron chi connectivity index (χ3n) is 3.21. The average Bonchev–Trinajstić information content (AvgIpc) is 2.84. The molecule has 0 spiro atoms. The van der Waals surface area contributed by atoms with Gasteiger partial charge in [-0.25, -0.2) is 4.79 Å². The van der Waals surface area contributed by atoms with E-state index in [1.165, 1.54) is 4.57 Å². The molecule has 0 aliphatic rings. The Hall–Kier alpha value is -2.24. The molecule has 3 nitrogen and oxygen atoms in total. The summed E-state index contributed by atoms with van der Waals surface area (Å²) < 4.78 is 39.6. The van der Waals surface area contributed by atoms with E-state index in [4.69, 9.17) is 5.11 Å². The highest BCUT2D eigenvalue weighted by atomic mass is 19.4. The van der Waals surface area contributed by atoms with Crippen LogP contribution in [-0.2, 0) is 19.1 Å². The van der Waals surface area contributed by atoms with Gasteiger partial charge in [0.05, 0.1) is 11.1 Å². The van der Waals surface area contributed by atoms with Crippen molar-refractivity contribution in [2.45, 2.75) is 26.1 Å². The monoisotopic (exact) mass is 297 g/mol. The molecule has 21 heavy (non-hydrogen) atoms. The Balaban J connectivity index is 2.30. The van der Waals surface area contributed by atoms with Crippen LogP contribution in [0.25, 0.3) is 0 Å². The van der Waals surface area contributed by atoms with Crippen LogP contribution in [0, 0.1) is 0 Å². The third kappa shape index (κ3) is 3.45. The van der Waals surface area contributed by atoms with Gasteiger partial charge in [-0.1, -0.05) is 31.2 Å². The van der Waals surface area contributed by atoms with Crippen molar-refractivity contribution < 1.29 is 23.1 Å². The molecule has 0 atom stereocenters. The first-order valence-corrected chi connectivity index (χ1v) is 6.39. The number of rotatable bonds is 4. The highest BCUT2D eigenvalue weighted by molar-refractivity contribution is 5.89. The van der Waals surface area contributed by atoms with Gasteiger partial charge in [-0.2, -0.15) is 13.2 Å². The predicted octanol–water partition coefficient (Wildman–Crippen LogP) is 3.82. The molecule has 0 aliphatic heterocycles. The topological polar surface area (TPSA) is 42.2 Å². The van der Waals surface area contributed by atoms with E-state index in [-0.39, 0.29) is 6.54 Å². The highest BCUT2D eigenvalue weighted by Gasteiger charge is 2.36. The SMILES string of the molecule is CCc1ccc(Cn2cc(C(=O)O)c(C(F)(F)F)c2)cc1. The fraction of sp³-hybridized carbons (Fsp3) is 0.267. The lowest BCUT2D eigenvalue weighted by molar-refractivity contribution is -0.138. The Kier molecular flexibility index (Phi) is 4.06. The number of hydrogen-bond donors (Lipinski definition) is 1. The van der Waals surface area contributed by atoms with Crippen LogP contribution in [0.4, 0.5) is 13.2 Å². The summed E-state index contributed by atoms with van der Waals surface area (Å²) in [5, 5.41) is 8.86. The molecule has 0 amide bonds. The van der Waals surface area contributed by atoms with Gasteiger partial charge in [0, 0.05) is 18.9 Å². The predicted molar refractivity (Wildman–Crippen MR) is 71.3 cm³/mol. The summed E-state index contributed by atoms with van der Waals surface area (Å²) in [6.45, 7) is 2.20. The number of carboxylic acids is 1. The van der Waals surface area contributed by atoms with Crippen molar-refractivity contribution in [2.24, 2.45) is 0 Å². The number of aromatic nitrogens is 1. The maximum Gasteiger partial charge on any atom is 0.418 e. The highest BCUT2D eigenvalue weighted by Crippen LogP contribution is 2.32. The second-order valence-electron chi connectivity index (χ2n) is 4.73. The second kappa shape index (κ2) is 5.63. The quantitative estimate of drug-likeness (QED) is 0.932. The smallest absolute Gasteiger partial charge is 0.418 e. The molecule has 0 saturated carbocycles. The van der Waals surface area contributed by atoms with Crippen molar-refractivity contribution in [2.75, 3.05) is 0 Å². The number of halogens is 3. The summed E-state index contributed by atoms with van der Waals surface area (Å²) in [7, 11) is 0. The molecule has 6 heteroatoms. The molecule has 0 bridgehead atoms. The minimum Gasteiger partial charge on any atom is -0.478 e. The average molecular weight is 297 g/mol. The molecule has 112 valence electrons. The molecule has 1 heterocycles. The summed E-state index contributed by atoms with van der Waals surface area (Å²) >= 11 is 0. The molecule has 0 fully saturated rings. The number of alkyl halides is 3. The molecule has 0 radical (unpaired) electrons. The lowest BCUT2D eigenvalue weighted by atomic mass is 10.1. The van der Waals surface area contributed by atoms with Gasteiger partial charge in [0.2, 0.25) is 0 Å². The Morgan fingerprint density at radius 3 is 2.14 bits per heavy atom. The fourth-order valence-corrected chi connectivity index (χ4v) is 2.09. The number of carbonyl (C=O) groups is 1. The van der Waals surface area contributed by atoms with E-state index in [0.29, 0.717) is 0 Å². The first-order chi connectivity index (χ1) is 9.81. The van der Waals surface area contributed by atoms with Gasteiger partial charge in [0.15, 0.2) is 0 Å². The lowest BCUT2D eigenvalue weighted by Crippen LogP contribution is -2.09. The van der Waals surface area contributed by atoms with Crippen molar-refractivity contribution in [1.29, 1.82) is 0 Å². The molecular weight excluding hydrogens is 283 g/mol. The number of carboxylic acid groups (broad SMARTS) is 1. The van der Waals surface area contributed by atoms with Crippen molar-refractivity contribution in [3.8, 4) is 0 Å². The van der Waals surface area contributed by atoms with Crippen LogP contribution in [-0.4, -0.2) is 15.6 Å². The summed E-state index contributed by atoms with van der Waals surface area (Å²) in [6, 6.07) is 7.46. The van der Waals surface area contributed by atoms with Crippen molar-refractivity contribution >= 4 is 5.97 Å². The summed E-state index contributed by atoms with van der Waals surface area (Å²) in [5.41, 5.74) is 0.0918. The molecule has 1 aromatic carbocycles. The van der Waals surface area contributed by atoms with Crippen molar-refractivity contribution in [1.82, 2.24) is 4.57 Å². The van der Waals surface area contributed by atoms with Crippen LogP contribution in [0.1, 0.15) is 34.0 Å². The third-order valence-corrected chi connectivity index (χ3v) is 3.21. The Bertz CT molecular complexity index is 642. The van der Waals surface area contributed by atoms with E-state index in [2.05, 4.69) is 0 Å². The standard InChI is InChI=1S/C15H14F3NO2/c1-2-10-3-5-11(6-4-10)7-19-8-12(14(20)21)13(9-19)15(16,17)18/h3-6,8-9H,2,7H2,1H3,(H,20,21). The maximum absolute atomic E-state index is 12.8. The van der Waals surface area contributed by atoms with Gasteiger partial charge in [0.1, 0.15) is 0 Å². The zero-order valence-corrected chi connectivity index (χ0v) is 11.3. The summed E-state index contributed by atoms with van der Waals surface area (Å²) in [4.78, 5) is 10.9. The van der Waals surface area contributed by atoms with Crippen LogP contribution >= 0.6 is 0 Å². The zero-order chi connectivity index (χ0) is 15.6. The van der Waals surface area contributed by atoms with E-state index in [1.807, 2.05) is 31.2 Å². The first-order valence-electron chi connectivity index (χ1n) is 6.39. The molecule has 1 N–H and O–H groups in total. The second-order valence-corrected chi connectivity index (χ2v) is 4.73. The van der Waals surface area contributed by atoms with Crippen LogP contribution in [0.3, 0.4) is 0 Å². The largest absolute Gasteiger partial charge is 0.478 e. The summed E-state index contributed by atoms with van der Waals surface area (Å²) in [6.07, 6.45) is -1.95. The molecule has 2 rings (SSSR count). The van der Waals surface area contributed by atoms with Crippen LogP contribution in [0.2, 0.25) is 0 Å². The van der Waals surface area contributed by atoms with Crippen LogP contribution in [0.15, 0.2) is 36.7 Å². The van der Waals surface area contributed by atoms with Gasteiger partial charge in [-0.15, -0.1) is 0 Å². The van der Waals surface area contributed by atoms with Crippen LogP contribution < -0.4 is 0 Å². The van der Waals surface area contributed by atoms with Gasteiger partial charge in [-0.05, 0) is 17.5 Å². The number of aromatic carboxylic acids is 1. The van der Waals surface area contributed by atoms with Crippen LogP contribution in [0.5, 0.6) is 0 Å². The van der Waals surface area contributed by atoms with Gasteiger partial charge in [-0.3, -0.25) is 0 Å². The van der Waals surface area contributed by atoms with Crippen molar-refractivity contribution in [3.63, 3.8) is 0 Å². The number of benzene rings is 1. The molecule has 0 saturated heterocycles. The maximum atomic E-state index is 12.8. The normalized spacial score (nSPS) is 11.6. The Morgan fingerprint density at radius 1 is 1.14 bits per heavy atom. The Labute approximate surface area is 119 Å². The molecular formula is C15H14F3NO2. The van der Waals surface area contributed by atoms with Crippen molar-refractivity contribution in [3.05, 3.63) is 58.9 Å². The minimum atomic E-state index is -4.68. The van der Waals surface area contributed by atoms with E-state index >= 15 is 0 Å². The lowest BCUT2D eigenvalue weighted by Gasteiger charge is -2.05. The molecule has 2 aromatic rings. The van der Waals surface area contributed by atoms with E-state index < -0.39 is 23.3 Å².